The molecule has 124 valence electrons. The molecule has 10 heteroatoms. The standard InChI is InChI=1S/C12H12Cl4O5S/c1-22(17,18)21-5-4-20-12-9(13)6-8(7-10(12)14)19-3-2-11(15)16/h2,6-7H,3-5H2,1H3. The summed E-state index contributed by atoms with van der Waals surface area (Å²) in [6, 6.07) is 2.99. The van der Waals surface area contributed by atoms with Gasteiger partial charge in [0.1, 0.15) is 30.1 Å². The third-order valence-corrected chi connectivity index (χ3v) is 3.55. The van der Waals surface area contributed by atoms with Crippen LogP contribution in [0.4, 0.5) is 0 Å². The molecule has 0 amide bonds. The number of hydrogen-bond donors (Lipinski definition) is 0. The normalized spacial score (nSPS) is 11.1. The molecule has 1 rings (SSSR count). The SMILES string of the molecule is CS(=O)(=O)OCCOc1c(Cl)cc(OCC=C(Cl)Cl)cc1Cl. The molecule has 0 aliphatic heterocycles. The lowest BCUT2D eigenvalue weighted by Gasteiger charge is -2.12. The minimum absolute atomic E-state index is 0.0304. The molecule has 22 heavy (non-hydrogen) atoms. The second-order valence-corrected chi connectivity index (χ2v) is 7.36. The van der Waals surface area contributed by atoms with E-state index in [1.165, 1.54) is 18.2 Å². The number of rotatable bonds is 8. The summed E-state index contributed by atoms with van der Waals surface area (Å²) in [5.41, 5.74) is 0. The van der Waals surface area contributed by atoms with Gasteiger partial charge >= 0.3 is 0 Å². The summed E-state index contributed by atoms with van der Waals surface area (Å²) < 4.78 is 36.8. The molecule has 0 heterocycles. The summed E-state index contributed by atoms with van der Waals surface area (Å²) in [7, 11) is -3.52. The molecule has 1 aromatic rings. The van der Waals surface area contributed by atoms with Crippen LogP contribution < -0.4 is 9.47 Å². The van der Waals surface area contributed by atoms with Crippen molar-refractivity contribution < 1.29 is 22.1 Å². The Morgan fingerprint density at radius 3 is 2.23 bits per heavy atom. The van der Waals surface area contributed by atoms with E-state index in [0.29, 0.717) is 5.75 Å². The molecule has 0 bridgehead atoms. The van der Waals surface area contributed by atoms with Crippen molar-refractivity contribution in [2.45, 2.75) is 0 Å². The maximum atomic E-state index is 10.8. The van der Waals surface area contributed by atoms with Crippen molar-refractivity contribution >= 4 is 56.5 Å². The molecule has 0 aliphatic rings. The average molecular weight is 410 g/mol. The number of benzene rings is 1. The fourth-order valence-electron chi connectivity index (χ4n) is 1.29. The second-order valence-electron chi connectivity index (χ2n) is 3.90. The highest BCUT2D eigenvalue weighted by Crippen LogP contribution is 2.36. The molecule has 0 unspecified atom stereocenters. The first-order valence-corrected chi connectivity index (χ1v) is 9.12. The third-order valence-electron chi connectivity index (χ3n) is 2.09. The molecule has 0 saturated heterocycles. The zero-order chi connectivity index (χ0) is 16.8. The van der Waals surface area contributed by atoms with E-state index in [4.69, 9.17) is 55.9 Å². The predicted octanol–water partition coefficient (Wildman–Crippen LogP) is 4.05. The Bertz CT molecular complexity index is 618. The average Bonchev–Trinajstić information content (AvgIpc) is 2.35. The van der Waals surface area contributed by atoms with Gasteiger partial charge in [-0.2, -0.15) is 8.42 Å². The minimum atomic E-state index is -3.52. The minimum Gasteiger partial charge on any atom is -0.489 e. The molecule has 5 nitrogen and oxygen atoms in total. The predicted molar refractivity (Wildman–Crippen MR) is 88.0 cm³/mol. The van der Waals surface area contributed by atoms with Gasteiger partial charge in [-0.05, 0) is 6.08 Å². The van der Waals surface area contributed by atoms with Crippen LogP contribution in [0, 0.1) is 0 Å². The zero-order valence-electron chi connectivity index (χ0n) is 11.3. The highest BCUT2D eigenvalue weighted by atomic mass is 35.5. The first kappa shape index (κ1) is 19.7. The molecule has 0 saturated carbocycles. The lowest BCUT2D eigenvalue weighted by atomic mass is 10.3. The maximum absolute atomic E-state index is 10.8. The van der Waals surface area contributed by atoms with E-state index >= 15 is 0 Å². The Labute approximate surface area is 148 Å². The van der Waals surface area contributed by atoms with Gasteiger partial charge in [-0.1, -0.05) is 46.4 Å². The molecule has 0 spiro atoms. The third kappa shape index (κ3) is 7.76. The Morgan fingerprint density at radius 2 is 1.73 bits per heavy atom. The largest absolute Gasteiger partial charge is 0.489 e. The van der Waals surface area contributed by atoms with Crippen molar-refractivity contribution in [3.05, 3.63) is 32.7 Å². The van der Waals surface area contributed by atoms with Gasteiger partial charge in [0.15, 0.2) is 5.75 Å². The molecule has 0 radical (unpaired) electrons. The van der Waals surface area contributed by atoms with E-state index in [1.54, 1.807) is 0 Å². The summed E-state index contributed by atoms with van der Waals surface area (Å²) in [4.78, 5) is 0. The van der Waals surface area contributed by atoms with Crippen LogP contribution in [0.1, 0.15) is 0 Å². The molecule has 1 aromatic carbocycles. The summed E-state index contributed by atoms with van der Waals surface area (Å²) >= 11 is 23.0. The van der Waals surface area contributed by atoms with Gasteiger partial charge in [-0.25, -0.2) is 0 Å². The lowest BCUT2D eigenvalue weighted by molar-refractivity contribution is 0.222. The van der Waals surface area contributed by atoms with Crippen LogP contribution in [-0.4, -0.2) is 34.5 Å². The lowest BCUT2D eigenvalue weighted by Crippen LogP contribution is -2.11. The highest BCUT2D eigenvalue weighted by Gasteiger charge is 2.11. The summed E-state index contributed by atoms with van der Waals surface area (Å²) in [5, 5.41) is 0.422. The molecule has 0 aliphatic carbocycles. The Hall–Kier alpha value is -0.370. The van der Waals surface area contributed by atoms with Crippen LogP contribution in [-0.2, 0) is 14.3 Å². The fourth-order valence-corrected chi connectivity index (χ4v) is 2.36. The van der Waals surface area contributed by atoms with Gasteiger partial charge in [0.25, 0.3) is 10.1 Å². The summed E-state index contributed by atoms with van der Waals surface area (Å²) in [5.74, 6) is 0.610. The topological polar surface area (TPSA) is 61.8 Å². The fraction of sp³-hybridized carbons (Fsp3) is 0.333. The van der Waals surface area contributed by atoms with E-state index in [-0.39, 0.29) is 40.1 Å². The van der Waals surface area contributed by atoms with Crippen LogP contribution >= 0.6 is 46.4 Å². The molecule has 0 N–H and O–H groups in total. The molecule has 0 fully saturated rings. The highest BCUT2D eigenvalue weighted by molar-refractivity contribution is 7.85. The molecular formula is C12H12Cl4O5S. The van der Waals surface area contributed by atoms with Crippen molar-refractivity contribution in [3.8, 4) is 11.5 Å². The molecular weight excluding hydrogens is 398 g/mol. The number of ether oxygens (including phenoxy) is 2. The first-order valence-electron chi connectivity index (χ1n) is 5.79. The van der Waals surface area contributed by atoms with Crippen LogP contribution in [0.5, 0.6) is 11.5 Å². The van der Waals surface area contributed by atoms with E-state index in [2.05, 4.69) is 4.18 Å². The van der Waals surface area contributed by atoms with Crippen molar-refractivity contribution in [1.29, 1.82) is 0 Å². The van der Waals surface area contributed by atoms with Gasteiger partial charge in [0.2, 0.25) is 0 Å². The number of halogens is 4. The van der Waals surface area contributed by atoms with E-state index < -0.39 is 10.1 Å². The van der Waals surface area contributed by atoms with Crippen molar-refractivity contribution in [3.63, 3.8) is 0 Å². The van der Waals surface area contributed by atoms with Crippen molar-refractivity contribution in [2.75, 3.05) is 26.1 Å². The molecule has 0 aromatic heterocycles. The smallest absolute Gasteiger partial charge is 0.264 e. The van der Waals surface area contributed by atoms with Crippen LogP contribution in [0.25, 0.3) is 0 Å². The Kier molecular flexibility index (Phi) is 8.10. The summed E-state index contributed by atoms with van der Waals surface area (Å²) in [6.45, 7) is -0.0303. The van der Waals surface area contributed by atoms with Gasteiger partial charge in [0.05, 0.1) is 16.3 Å². The van der Waals surface area contributed by atoms with Crippen molar-refractivity contribution in [2.24, 2.45) is 0 Å². The van der Waals surface area contributed by atoms with Crippen LogP contribution in [0.2, 0.25) is 10.0 Å². The Morgan fingerprint density at radius 1 is 1.14 bits per heavy atom. The van der Waals surface area contributed by atoms with Gasteiger partial charge in [-0.15, -0.1) is 0 Å². The van der Waals surface area contributed by atoms with Gasteiger partial charge in [0, 0.05) is 12.1 Å². The van der Waals surface area contributed by atoms with Crippen LogP contribution in [0.3, 0.4) is 0 Å². The number of hydrogen-bond acceptors (Lipinski definition) is 5. The van der Waals surface area contributed by atoms with E-state index in [0.717, 1.165) is 6.26 Å². The monoisotopic (exact) mass is 408 g/mol. The molecule has 0 atom stereocenters. The van der Waals surface area contributed by atoms with E-state index in [1.807, 2.05) is 0 Å². The van der Waals surface area contributed by atoms with Gasteiger partial charge in [-0.3, -0.25) is 4.18 Å². The van der Waals surface area contributed by atoms with Gasteiger partial charge < -0.3 is 9.47 Å². The first-order chi connectivity index (χ1) is 10.2. The van der Waals surface area contributed by atoms with E-state index in [9.17, 15) is 8.42 Å². The second kappa shape index (κ2) is 9.05. The zero-order valence-corrected chi connectivity index (χ0v) is 15.2. The Balaban J connectivity index is 2.64. The van der Waals surface area contributed by atoms with Crippen LogP contribution in [0.15, 0.2) is 22.7 Å². The maximum Gasteiger partial charge on any atom is 0.264 e. The quantitative estimate of drug-likeness (QED) is 0.478. The summed E-state index contributed by atoms with van der Waals surface area (Å²) in [6.07, 6.45) is 2.40. The van der Waals surface area contributed by atoms with Crippen molar-refractivity contribution in [1.82, 2.24) is 0 Å².